The van der Waals surface area contributed by atoms with Gasteiger partial charge in [-0.1, -0.05) is 13.8 Å². The first kappa shape index (κ1) is 13.9. The van der Waals surface area contributed by atoms with E-state index in [0.717, 1.165) is 13.0 Å². The van der Waals surface area contributed by atoms with Gasteiger partial charge in [0.1, 0.15) is 0 Å². The number of benzene rings is 1. The van der Waals surface area contributed by atoms with Gasteiger partial charge < -0.3 is 9.47 Å². The Morgan fingerprint density at radius 3 is 2.79 bits per heavy atom. The molecule has 19 heavy (non-hydrogen) atoms. The molecule has 1 aliphatic heterocycles. The Kier molecular flexibility index (Phi) is 4.43. The average Bonchev–Trinajstić information content (AvgIpc) is 2.83. The molecule has 4 nitrogen and oxygen atoms in total. The molecule has 0 radical (unpaired) electrons. The van der Waals surface area contributed by atoms with Crippen LogP contribution in [-0.2, 0) is 0 Å². The molecule has 0 aromatic heterocycles. The van der Waals surface area contributed by atoms with E-state index in [4.69, 9.17) is 9.47 Å². The third-order valence-corrected chi connectivity index (χ3v) is 3.20. The van der Waals surface area contributed by atoms with E-state index in [1.807, 2.05) is 7.05 Å². The summed E-state index contributed by atoms with van der Waals surface area (Å²) in [4.78, 5) is 14.2. The summed E-state index contributed by atoms with van der Waals surface area (Å²) in [6.07, 6.45) is 1.10. The van der Waals surface area contributed by atoms with Gasteiger partial charge in [-0.05, 0) is 44.1 Å². The Hall–Kier alpha value is -1.55. The zero-order valence-electron chi connectivity index (χ0n) is 11.8. The van der Waals surface area contributed by atoms with E-state index in [9.17, 15) is 4.79 Å². The second-order valence-corrected chi connectivity index (χ2v) is 5.41. The molecule has 0 saturated carbocycles. The molecular formula is C15H21NO3. The number of rotatable bonds is 6. The van der Waals surface area contributed by atoms with Crippen LogP contribution in [0.4, 0.5) is 0 Å². The van der Waals surface area contributed by atoms with Gasteiger partial charge >= 0.3 is 0 Å². The minimum Gasteiger partial charge on any atom is -0.454 e. The number of hydrogen-bond donors (Lipinski definition) is 0. The fourth-order valence-corrected chi connectivity index (χ4v) is 1.96. The highest BCUT2D eigenvalue weighted by Gasteiger charge is 2.17. The van der Waals surface area contributed by atoms with Crippen molar-refractivity contribution in [3.8, 4) is 11.5 Å². The van der Waals surface area contributed by atoms with E-state index in [1.54, 1.807) is 18.2 Å². The van der Waals surface area contributed by atoms with Crippen LogP contribution in [-0.4, -0.2) is 37.6 Å². The molecule has 0 aliphatic carbocycles. The molecule has 1 aliphatic rings. The van der Waals surface area contributed by atoms with Crippen LogP contribution in [0, 0.1) is 5.92 Å². The van der Waals surface area contributed by atoms with Crippen LogP contribution in [0.25, 0.3) is 0 Å². The Morgan fingerprint density at radius 2 is 2.05 bits per heavy atom. The molecule has 2 rings (SSSR count). The minimum absolute atomic E-state index is 0.115. The first-order chi connectivity index (χ1) is 9.06. The average molecular weight is 263 g/mol. The summed E-state index contributed by atoms with van der Waals surface area (Å²) in [5, 5.41) is 0. The molecule has 0 N–H and O–H groups in total. The van der Waals surface area contributed by atoms with E-state index in [0.29, 0.717) is 29.5 Å². The van der Waals surface area contributed by atoms with E-state index in [2.05, 4.69) is 18.7 Å². The molecule has 0 atom stereocenters. The number of ether oxygens (including phenoxy) is 2. The van der Waals surface area contributed by atoms with Gasteiger partial charge in [0, 0.05) is 5.56 Å². The van der Waals surface area contributed by atoms with Crippen molar-refractivity contribution in [3.05, 3.63) is 23.8 Å². The molecular weight excluding hydrogens is 242 g/mol. The molecule has 0 amide bonds. The highest BCUT2D eigenvalue weighted by Crippen LogP contribution is 2.32. The van der Waals surface area contributed by atoms with Crippen LogP contribution in [0.1, 0.15) is 30.6 Å². The van der Waals surface area contributed by atoms with E-state index in [-0.39, 0.29) is 12.6 Å². The summed E-state index contributed by atoms with van der Waals surface area (Å²) in [5.41, 5.74) is 0.681. The number of hydrogen-bond acceptors (Lipinski definition) is 4. The lowest BCUT2D eigenvalue weighted by Gasteiger charge is -2.17. The van der Waals surface area contributed by atoms with Gasteiger partial charge in [0.05, 0.1) is 6.54 Å². The predicted molar refractivity (Wildman–Crippen MR) is 73.8 cm³/mol. The van der Waals surface area contributed by atoms with Gasteiger partial charge in [0.15, 0.2) is 17.3 Å². The number of nitrogens with zero attached hydrogens (tertiary/aromatic N) is 1. The molecule has 0 fully saturated rings. The Bertz CT molecular complexity index is 457. The SMILES string of the molecule is CC(C)CCN(C)CC(=O)c1ccc2c(c1)OCO2. The lowest BCUT2D eigenvalue weighted by Crippen LogP contribution is -2.27. The van der Waals surface area contributed by atoms with Crippen LogP contribution < -0.4 is 9.47 Å². The second kappa shape index (κ2) is 6.06. The van der Waals surface area contributed by atoms with Gasteiger partial charge in [0.2, 0.25) is 6.79 Å². The van der Waals surface area contributed by atoms with Crippen molar-refractivity contribution in [1.82, 2.24) is 4.90 Å². The lowest BCUT2D eigenvalue weighted by molar-refractivity contribution is 0.0943. The highest BCUT2D eigenvalue weighted by atomic mass is 16.7. The Labute approximate surface area is 114 Å². The molecule has 0 saturated heterocycles. The van der Waals surface area contributed by atoms with Crippen LogP contribution in [0.2, 0.25) is 0 Å². The number of fused-ring (bicyclic) bond motifs is 1. The quantitative estimate of drug-likeness (QED) is 0.739. The fourth-order valence-electron chi connectivity index (χ4n) is 1.96. The van der Waals surface area contributed by atoms with Crippen molar-refractivity contribution in [1.29, 1.82) is 0 Å². The molecule has 0 spiro atoms. The van der Waals surface area contributed by atoms with E-state index in [1.165, 1.54) is 0 Å². The second-order valence-electron chi connectivity index (χ2n) is 5.41. The summed E-state index contributed by atoms with van der Waals surface area (Å²) in [6.45, 7) is 5.99. The van der Waals surface area contributed by atoms with Crippen LogP contribution in [0.5, 0.6) is 11.5 Å². The number of carbonyl (C=O) groups excluding carboxylic acids is 1. The topological polar surface area (TPSA) is 38.8 Å². The zero-order valence-corrected chi connectivity index (χ0v) is 11.8. The molecule has 4 heteroatoms. The van der Waals surface area contributed by atoms with Gasteiger partial charge in [-0.25, -0.2) is 0 Å². The number of Topliss-reactive ketones (excluding diaryl/α,β-unsaturated/α-hetero) is 1. The van der Waals surface area contributed by atoms with Crippen molar-refractivity contribution < 1.29 is 14.3 Å². The smallest absolute Gasteiger partial charge is 0.231 e. The maximum absolute atomic E-state index is 12.2. The summed E-state index contributed by atoms with van der Waals surface area (Å²) in [7, 11) is 1.98. The fraction of sp³-hybridized carbons (Fsp3) is 0.533. The van der Waals surface area contributed by atoms with Crippen molar-refractivity contribution in [2.75, 3.05) is 26.9 Å². The summed E-state index contributed by atoms with van der Waals surface area (Å²) < 4.78 is 10.5. The summed E-state index contributed by atoms with van der Waals surface area (Å²) in [6, 6.07) is 5.36. The largest absolute Gasteiger partial charge is 0.454 e. The summed E-state index contributed by atoms with van der Waals surface area (Å²) in [5.74, 6) is 2.15. The highest BCUT2D eigenvalue weighted by molar-refractivity contribution is 5.98. The predicted octanol–water partition coefficient (Wildman–Crippen LogP) is 2.58. The number of carbonyl (C=O) groups is 1. The van der Waals surface area contributed by atoms with Gasteiger partial charge in [-0.15, -0.1) is 0 Å². The lowest BCUT2D eigenvalue weighted by atomic mass is 10.1. The van der Waals surface area contributed by atoms with Crippen LogP contribution in [0.15, 0.2) is 18.2 Å². The van der Waals surface area contributed by atoms with Gasteiger partial charge in [-0.2, -0.15) is 0 Å². The van der Waals surface area contributed by atoms with Gasteiger partial charge in [0.25, 0.3) is 0 Å². The van der Waals surface area contributed by atoms with Crippen molar-refractivity contribution in [2.24, 2.45) is 5.92 Å². The maximum atomic E-state index is 12.2. The minimum atomic E-state index is 0.115. The van der Waals surface area contributed by atoms with Crippen LogP contribution >= 0.6 is 0 Å². The zero-order chi connectivity index (χ0) is 13.8. The first-order valence-electron chi connectivity index (χ1n) is 6.67. The molecule has 1 aromatic rings. The summed E-state index contributed by atoms with van der Waals surface area (Å²) >= 11 is 0. The number of likely N-dealkylation sites (N-methyl/N-ethyl adjacent to an activating group) is 1. The molecule has 0 bridgehead atoms. The van der Waals surface area contributed by atoms with Crippen molar-refractivity contribution in [3.63, 3.8) is 0 Å². The van der Waals surface area contributed by atoms with E-state index >= 15 is 0 Å². The standard InChI is InChI=1S/C15H21NO3/c1-11(2)6-7-16(3)9-13(17)12-4-5-14-15(8-12)19-10-18-14/h4-5,8,11H,6-7,9-10H2,1-3H3. The molecule has 104 valence electrons. The van der Waals surface area contributed by atoms with Gasteiger partial charge in [-0.3, -0.25) is 9.69 Å². The van der Waals surface area contributed by atoms with Crippen molar-refractivity contribution in [2.45, 2.75) is 20.3 Å². The monoisotopic (exact) mass is 263 g/mol. The third-order valence-electron chi connectivity index (χ3n) is 3.20. The first-order valence-corrected chi connectivity index (χ1v) is 6.67. The van der Waals surface area contributed by atoms with Crippen molar-refractivity contribution >= 4 is 5.78 Å². The number of ketones is 1. The normalized spacial score (nSPS) is 13.3. The Balaban J connectivity index is 1.92. The van der Waals surface area contributed by atoms with Crippen LogP contribution in [0.3, 0.4) is 0 Å². The maximum Gasteiger partial charge on any atom is 0.231 e. The third kappa shape index (κ3) is 3.70. The van der Waals surface area contributed by atoms with E-state index < -0.39 is 0 Å². The Morgan fingerprint density at radius 1 is 1.32 bits per heavy atom. The molecule has 1 aromatic carbocycles. The molecule has 1 heterocycles. The molecule has 0 unspecified atom stereocenters.